The molecule has 0 aliphatic carbocycles. The number of rotatable bonds is 4. The van der Waals surface area contributed by atoms with Crippen LogP contribution in [0.25, 0.3) is 0 Å². The minimum atomic E-state index is -0.410. The Bertz CT molecular complexity index is 455. The highest BCUT2D eigenvalue weighted by Gasteiger charge is 2.22. The van der Waals surface area contributed by atoms with Gasteiger partial charge in [0.05, 0.1) is 0 Å². The van der Waals surface area contributed by atoms with Crippen LogP contribution in [0.1, 0.15) is 18.5 Å². The summed E-state index contributed by atoms with van der Waals surface area (Å²) >= 11 is 0. The molecular weight excluding hydrogens is 257 g/mol. The summed E-state index contributed by atoms with van der Waals surface area (Å²) in [6, 6.07) is 4.64. The van der Waals surface area contributed by atoms with Crippen LogP contribution in [0.2, 0.25) is 0 Å². The zero-order chi connectivity index (χ0) is 14.7. The molecule has 112 valence electrons. The number of likely N-dealkylation sites (N-methyl/N-ethyl adjacent to an activating group) is 2. The predicted octanol–water partition coefficient (Wildman–Crippen LogP) is 1.43. The van der Waals surface area contributed by atoms with E-state index in [-0.39, 0.29) is 11.8 Å². The predicted molar refractivity (Wildman–Crippen MR) is 78.4 cm³/mol. The van der Waals surface area contributed by atoms with E-state index in [4.69, 9.17) is 0 Å². The molecule has 2 rings (SSSR count). The fraction of sp³-hybridized carbons (Fsp3) is 0.600. The van der Waals surface area contributed by atoms with Gasteiger partial charge >= 0.3 is 0 Å². The number of phenolic OH excluding ortho intramolecular Hbond substituents is 1. The normalized spacial score (nSPS) is 22.9. The van der Waals surface area contributed by atoms with Crippen molar-refractivity contribution in [1.29, 1.82) is 0 Å². The minimum absolute atomic E-state index is 0.00349. The lowest BCUT2D eigenvalue weighted by Crippen LogP contribution is -2.53. The largest absolute Gasteiger partial charge is 0.508 e. The van der Waals surface area contributed by atoms with E-state index in [2.05, 4.69) is 29.2 Å². The standard InChI is InChI=1S/C15H24FN3O/c1-11(14-5-4-12(16)8-15(14)20)17-9-13-10-18(2)6-7-19(13)3/h4-5,8,11,13,17,20H,6-7,9-10H2,1-3H3. The van der Waals surface area contributed by atoms with Gasteiger partial charge in [-0.15, -0.1) is 0 Å². The first-order chi connectivity index (χ1) is 9.47. The molecule has 0 saturated carbocycles. The number of hydrogen-bond donors (Lipinski definition) is 2. The first kappa shape index (κ1) is 15.2. The van der Waals surface area contributed by atoms with Crippen LogP contribution in [0.4, 0.5) is 4.39 Å². The summed E-state index contributed by atoms with van der Waals surface area (Å²) in [6.45, 7) is 6.03. The lowest BCUT2D eigenvalue weighted by molar-refractivity contribution is 0.111. The van der Waals surface area contributed by atoms with Gasteiger partial charge in [-0.25, -0.2) is 4.39 Å². The van der Waals surface area contributed by atoms with E-state index >= 15 is 0 Å². The number of hydrogen-bond acceptors (Lipinski definition) is 4. The summed E-state index contributed by atoms with van der Waals surface area (Å²) in [5, 5.41) is 13.2. The van der Waals surface area contributed by atoms with Gasteiger partial charge in [-0.1, -0.05) is 6.07 Å². The fourth-order valence-electron chi connectivity index (χ4n) is 2.63. The molecule has 4 nitrogen and oxygen atoms in total. The summed E-state index contributed by atoms with van der Waals surface area (Å²) in [7, 11) is 4.27. The second-order valence-corrected chi connectivity index (χ2v) is 5.73. The van der Waals surface area contributed by atoms with Gasteiger partial charge < -0.3 is 15.3 Å². The van der Waals surface area contributed by atoms with Gasteiger partial charge in [0.25, 0.3) is 0 Å². The minimum Gasteiger partial charge on any atom is -0.508 e. The molecule has 1 aromatic carbocycles. The molecule has 2 N–H and O–H groups in total. The molecule has 1 aliphatic heterocycles. The van der Waals surface area contributed by atoms with Crippen molar-refractivity contribution in [3.8, 4) is 5.75 Å². The number of halogens is 1. The van der Waals surface area contributed by atoms with Crippen molar-refractivity contribution in [3.05, 3.63) is 29.6 Å². The highest BCUT2D eigenvalue weighted by Crippen LogP contribution is 2.24. The number of nitrogens with one attached hydrogen (secondary N) is 1. The van der Waals surface area contributed by atoms with Crippen molar-refractivity contribution >= 4 is 0 Å². The van der Waals surface area contributed by atoms with Gasteiger partial charge in [0.2, 0.25) is 0 Å². The number of benzene rings is 1. The number of piperazine rings is 1. The first-order valence-corrected chi connectivity index (χ1v) is 7.08. The van der Waals surface area contributed by atoms with Gasteiger partial charge in [-0.05, 0) is 27.1 Å². The average Bonchev–Trinajstić information content (AvgIpc) is 2.39. The van der Waals surface area contributed by atoms with Crippen LogP contribution in [-0.2, 0) is 0 Å². The first-order valence-electron chi connectivity index (χ1n) is 7.08. The van der Waals surface area contributed by atoms with E-state index in [9.17, 15) is 9.50 Å². The van der Waals surface area contributed by atoms with E-state index < -0.39 is 5.82 Å². The smallest absolute Gasteiger partial charge is 0.126 e. The highest BCUT2D eigenvalue weighted by molar-refractivity contribution is 5.34. The van der Waals surface area contributed by atoms with Crippen LogP contribution in [-0.4, -0.2) is 61.2 Å². The zero-order valence-electron chi connectivity index (χ0n) is 12.4. The van der Waals surface area contributed by atoms with Crippen molar-refractivity contribution in [2.75, 3.05) is 40.3 Å². The molecule has 0 aromatic heterocycles. The summed E-state index contributed by atoms with van der Waals surface area (Å²) in [6.07, 6.45) is 0. The number of phenols is 1. The Balaban J connectivity index is 1.92. The Kier molecular flexibility index (Phi) is 4.96. The maximum absolute atomic E-state index is 13.0. The summed E-state index contributed by atoms with van der Waals surface area (Å²) in [5.74, 6) is -0.397. The van der Waals surface area contributed by atoms with Gasteiger partial charge in [0, 0.05) is 49.9 Å². The lowest BCUT2D eigenvalue weighted by atomic mass is 10.1. The topological polar surface area (TPSA) is 38.7 Å². The molecule has 2 unspecified atom stereocenters. The molecule has 0 amide bonds. The molecule has 5 heteroatoms. The van der Waals surface area contributed by atoms with E-state index in [1.807, 2.05) is 6.92 Å². The van der Waals surface area contributed by atoms with Crippen molar-refractivity contribution in [1.82, 2.24) is 15.1 Å². The molecule has 0 spiro atoms. The summed E-state index contributed by atoms with van der Waals surface area (Å²) in [5.41, 5.74) is 0.734. The third-order valence-electron chi connectivity index (χ3n) is 4.10. The monoisotopic (exact) mass is 281 g/mol. The van der Waals surface area contributed by atoms with E-state index in [1.165, 1.54) is 6.07 Å². The molecule has 1 aliphatic rings. The number of aromatic hydroxyl groups is 1. The van der Waals surface area contributed by atoms with Crippen LogP contribution in [0.3, 0.4) is 0 Å². The van der Waals surface area contributed by atoms with Crippen molar-refractivity contribution in [2.24, 2.45) is 0 Å². The van der Waals surface area contributed by atoms with Gasteiger partial charge in [-0.3, -0.25) is 4.90 Å². The maximum Gasteiger partial charge on any atom is 0.126 e. The molecule has 2 atom stereocenters. The molecule has 1 saturated heterocycles. The molecule has 1 heterocycles. The third kappa shape index (κ3) is 3.69. The molecule has 0 bridgehead atoms. The van der Waals surface area contributed by atoms with Crippen LogP contribution >= 0.6 is 0 Å². The molecule has 0 radical (unpaired) electrons. The molecular formula is C15H24FN3O. The van der Waals surface area contributed by atoms with Crippen molar-refractivity contribution < 1.29 is 9.50 Å². The van der Waals surface area contributed by atoms with Crippen molar-refractivity contribution in [3.63, 3.8) is 0 Å². The Hall–Kier alpha value is -1.17. The second-order valence-electron chi connectivity index (χ2n) is 5.73. The van der Waals surface area contributed by atoms with Crippen LogP contribution < -0.4 is 5.32 Å². The van der Waals surface area contributed by atoms with E-state index in [1.54, 1.807) is 6.07 Å². The second kappa shape index (κ2) is 6.52. The third-order valence-corrected chi connectivity index (χ3v) is 4.10. The molecule has 1 fully saturated rings. The van der Waals surface area contributed by atoms with Crippen molar-refractivity contribution in [2.45, 2.75) is 19.0 Å². The van der Waals surface area contributed by atoms with Gasteiger partial charge in [0.1, 0.15) is 11.6 Å². The zero-order valence-corrected chi connectivity index (χ0v) is 12.4. The quantitative estimate of drug-likeness (QED) is 0.876. The highest BCUT2D eigenvalue weighted by atomic mass is 19.1. The summed E-state index contributed by atoms with van der Waals surface area (Å²) < 4.78 is 13.0. The molecule has 1 aromatic rings. The van der Waals surface area contributed by atoms with Gasteiger partial charge in [0.15, 0.2) is 0 Å². The lowest BCUT2D eigenvalue weighted by Gasteiger charge is -2.38. The Morgan fingerprint density at radius 3 is 2.85 bits per heavy atom. The van der Waals surface area contributed by atoms with Crippen LogP contribution in [0.5, 0.6) is 5.75 Å². The SMILES string of the molecule is CC(NCC1CN(C)CCN1C)c1ccc(F)cc1O. The van der Waals surface area contributed by atoms with Crippen LogP contribution in [0.15, 0.2) is 18.2 Å². The Morgan fingerprint density at radius 2 is 2.15 bits per heavy atom. The molecule has 20 heavy (non-hydrogen) atoms. The maximum atomic E-state index is 13.0. The summed E-state index contributed by atoms with van der Waals surface area (Å²) in [4.78, 5) is 4.68. The Labute approximate surface area is 120 Å². The van der Waals surface area contributed by atoms with E-state index in [0.29, 0.717) is 6.04 Å². The Morgan fingerprint density at radius 1 is 1.40 bits per heavy atom. The average molecular weight is 281 g/mol. The van der Waals surface area contributed by atoms with E-state index in [0.717, 1.165) is 37.8 Å². The van der Waals surface area contributed by atoms with Crippen LogP contribution in [0, 0.1) is 5.82 Å². The van der Waals surface area contributed by atoms with Gasteiger partial charge in [-0.2, -0.15) is 0 Å². The fourth-order valence-corrected chi connectivity index (χ4v) is 2.63. The number of nitrogens with zero attached hydrogens (tertiary/aromatic N) is 2.